The molecule has 0 radical (unpaired) electrons. The average Bonchev–Trinajstić information content (AvgIpc) is 3.06. The molecule has 4 rings (SSSR count). The van der Waals surface area contributed by atoms with E-state index in [-0.39, 0.29) is 21.7 Å². The van der Waals surface area contributed by atoms with Crippen molar-refractivity contribution in [2.75, 3.05) is 12.4 Å². The number of aryl methyl sites for hydroxylation is 1. The number of rotatable bonds is 7. The third-order valence-electron chi connectivity index (χ3n) is 5.86. The van der Waals surface area contributed by atoms with Crippen LogP contribution in [0.2, 0.25) is 10.4 Å². The number of carbonyl (C=O) groups excluding carboxylic acids is 1. The third-order valence-corrected chi connectivity index (χ3v) is 8.48. The molecule has 2 aromatic rings. The molecule has 0 aromatic heterocycles. The Hall–Kier alpha value is -1.73. The third kappa shape index (κ3) is 4.24. The Balaban J connectivity index is 1.26. The van der Waals surface area contributed by atoms with Crippen LogP contribution in [0.4, 0.5) is 5.69 Å². The zero-order chi connectivity index (χ0) is 18.6. The number of amides is 1. The molecule has 2 atom stereocenters. The normalized spacial score (nSPS) is 18.4. The van der Waals surface area contributed by atoms with Crippen LogP contribution in [0.3, 0.4) is 0 Å². The van der Waals surface area contributed by atoms with E-state index in [4.69, 9.17) is 4.74 Å². The molecule has 0 saturated heterocycles. The Morgan fingerprint density at radius 2 is 2.15 bits per heavy atom. The van der Waals surface area contributed by atoms with Crippen molar-refractivity contribution in [1.29, 1.82) is 0 Å². The molecule has 1 N–H and O–H groups in total. The molecule has 2 unspecified atom stereocenters. The standard InChI is InChI=1S/C23H28AsNO2/c1-27-22-7-3-5-19-17(4-2-6-20(19)22)11-13-24-12-10-16-8-9-21-18(14-16)15-23(26)25-21/h3,5,7-9,14,17,24H,2,4,6,10-13,15H2,1H3,(H,25,26). The van der Waals surface area contributed by atoms with Gasteiger partial charge in [-0.15, -0.1) is 0 Å². The molecule has 142 valence electrons. The average molecular weight is 425 g/mol. The fraction of sp³-hybridized carbons (Fsp3) is 0.435. The van der Waals surface area contributed by atoms with E-state index in [1.165, 1.54) is 52.8 Å². The van der Waals surface area contributed by atoms with E-state index in [1.807, 2.05) is 0 Å². The summed E-state index contributed by atoms with van der Waals surface area (Å²) >= 11 is 0.100. The Labute approximate surface area is 168 Å². The molecule has 0 fully saturated rings. The first-order valence-corrected chi connectivity index (χ1v) is 13.0. The number of methoxy groups -OCH3 is 1. The van der Waals surface area contributed by atoms with Crippen LogP contribution in [-0.2, 0) is 24.1 Å². The van der Waals surface area contributed by atoms with Crippen LogP contribution in [0, 0.1) is 0 Å². The van der Waals surface area contributed by atoms with Crippen molar-refractivity contribution in [3.63, 3.8) is 0 Å². The number of ether oxygens (including phenoxy) is 1. The summed E-state index contributed by atoms with van der Waals surface area (Å²) in [7, 11) is 1.79. The Kier molecular flexibility index (Phi) is 5.88. The second-order valence-corrected chi connectivity index (χ2v) is 10.8. The number of fused-ring (bicyclic) bond motifs is 2. The Morgan fingerprint density at radius 3 is 3.04 bits per heavy atom. The van der Waals surface area contributed by atoms with Crippen LogP contribution in [0.15, 0.2) is 36.4 Å². The van der Waals surface area contributed by atoms with Crippen molar-refractivity contribution >= 4 is 27.3 Å². The van der Waals surface area contributed by atoms with Crippen molar-refractivity contribution in [1.82, 2.24) is 0 Å². The minimum atomic E-state index is 0.100. The van der Waals surface area contributed by atoms with Gasteiger partial charge in [0, 0.05) is 0 Å². The van der Waals surface area contributed by atoms with Gasteiger partial charge in [0.1, 0.15) is 0 Å². The van der Waals surface area contributed by atoms with Crippen molar-refractivity contribution in [2.45, 2.75) is 54.9 Å². The fourth-order valence-corrected chi connectivity index (χ4v) is 7.14. The van der Waals surface area contributed by atoms with E-state index in [9.17, 15) is 4.79 Å². The van der Waals surface area contributed by atoms with Gasteiger partial charge < -0.3 is 0 Å². The van der Waals surface area contributed by atoms with Gasteiger partial charge in [0.25, 0.3) is 0 Å². The molecule has 0 bridgehead atoms. The molecule has 1 aliphatic heterocycles. The van der Waals surface area contributed by atoms with Crippen LogP contribution in [0.5, 0.6) is 5.75 Å². The molecule has 0 spiro atoms. The predicted molar refractivity (Wildman–Crippen MR) is 113 cm³/mol. The van der Waals surface area contributed by atoms with Gasteiger partial charge >= 0.3 is 169 Å². The van der Waals surface area contributed by atoms with Gasteiger partial charge in [-0.3, -0.25) is 0 Å². The first kappa shape index (κ1) is 18.6. The van der Waals surface area contributed by atoms with Gasteiger partial charge in [0.2, 0.25) is 0 Å². The molecule has 4 heteroatoms. The molecule has 1 amide bonds. The Morgan fingerprint density at radius 1 is 1.22 bits per heavy atom. The molecular formula is C23H28AsNO2. The van der Waals surface area contributed by atoms with Gasteiger partial charge in [-0.2, -0.15) is 0 Å². The van der Waals surface area contributed by atoms with Crippen molar-refractivity contribution < 1.29 is 9.53 Å². The van der Waals surface area contributed by atoms with Crippen LogP contribution in [-0.4, -0.2) is 28.8 Å². The summed E-state index contributed by atoms with van der Waals surface area (Å²) in [6.45, 7) is 0. The monoisotopic (exact) mass is 425 g/mol. The number of benzene rings is 2. The second-order valence-electron chi connectivity index (χ2n) is 7.62. The van der Waals surface area contributed by atoms with Crippen LogP contribution < -0.4 is 10.1 Å². The maximum absolute atomic E-state index is 11.5. The number of anilines is 1. The zero-order valence-corrected chi connectivity index (χ0v) is 18.1. The topological polar surface area (TPSA) is 38.3 Å². The second kappa shape index (κ2) is 8.52. The number of hydrogen-bond acceptors (Lipinski definition) is 2. The van der Waals surface area contributed by atoms with Gasteiger partial charge in [0.15, 0.2) is 0 Å². The van der Waals surface area contributed by atoms with Crippen molar-refractivity contribution in [3.8, 4) is 5.75 Å². The summed E-state index contributed by atoms with van der Waals surface area (Å²) in [6.07, 6.45) is 6.84. The molecule has 2 aromatic carbocycles. The molecule has 1 heterocycles. The van der Waals surface area contributed by atoms with Crippen LogP contribution >= 0.6 is 0 Å². The van der Waals surface area contributed by atoms with Gasteiger partial charge in [0.05, 0.1) is 0 Å². The molecule has 2 aliphatic rings. The van der Waals surface area contributed by atoms with Gasteiger partial charge in [-0.25, -0.2) is 0 Å². The van der Waals surface area contributed by atoms with Crippen molar-refractivity contribution in [3.05, 3.63) is 58.7 Å². The maximum atomic E-state index is 11.5. The van der Waals surface area contributed by atoms with Gasteiger partial charge in [-0.05, 0) is 0 Å². The molecule has 27 heavy (non-hydrogen) atoms. The Bertz CT molecular complexity index is 833. The number of hydrogen-bond donors (Lipinski definition) is 1. The van der Waals surface area contributed by atoms with Crippen LogP contribution in [0.1, 0.15) is 47.4 Å². The van der Waals surface area contributed by atoms with E-state index in [1.54, 1.807) is 12.7 Å². The van der Waals surface area contributed by atoms with E-state index >= 15 is 0 Å². The van der Waals surface area contributed by atoms with E-state index in [2.05, 4.69) is 41.7 Å². The predicted octanol–water partition coefficient (Wildman–Crippen LogP) is 4.52. The summed E-state index contributed by atoms with van der Waals surface area (Å²) in [5.41, 5.74) is 6.57. The summed E-state index contributed by atoms with van der Waals surface area (Å²) in [5.74, 6) is 1.93. The summed E-state index contributed by atoms with van der Waals surface area (Å²) in [6, 6.07) is 13.1. The molecule has 0 saturated carbocycles. The zero-order valence-electron chi connectivity index (χ0n) is 16.0. The summed E-state index contributed by atoms with van der Waals surface area (Å²) in [5, 5.41) is 5.67. The minimum absolute atomic E-state index is 0.100. The van der Waals surface area contributed by atoms with E-state index < -0.39 is 0 Å². The summed E-state index contributed by atoms with van der Waals surface area (Å²) in [4.78, 5) is 11.5. The molecule has 3 nitrogen and oxygen atoms in total. The number of carbonyl (C=O) groups is 1. The molecular weight excluding hydrogens is 397 g/mol. The first-order valence-electron chi connectivity index (χ1n) is 10.0. The SMILES string of the molecule is COc1cccc2c1CCCC2CC[AsH]CCc1ccc2c(c1)CC(=O)N2. The van der Waals surface area contributed by atoms with Crippen molar-refractivity contribution in [2.24, 2.45) is 0 Å². The van der Waals surface area contributed by atoms with Crippen LogP contribution in [0.25, 0.3) is 0 Å². The quantitative estimate of drug-likeness (QED) is 0.524. The first-order chi connectivity index (χ1) is 13.2. The molecule has 1 aliphatic carbocycles. The van der Waals surface area contributed by atoms with Gasteiger partial charge in [-0.1, -0.05) is 0 Å². The fourth-order valence-electron chi connectivity index (χ4n) is 4.48. The van der Waals surface area contributed by atoms with E-state index in [0.29, 0.717) is 6.42 Å². The van der Waals surface area contributed by atoms with E-state index in [0.717, 1.165) is 23.8 Å². The number of nitrogens with one attached hydrogen (secondary N) is 1. The summed E-state index contributed by atoms with van der Waals surface area (Å²) < 4.78 is 5.57.